The van der Waals surface area contributed by atoms with E-state index in [0.29, 0.717) is 19.4 Å². The molecule has 10 nitrogen and oxygen atoms in total. The predicted molar refractivity (Wildman–Crippen MR) is 142 cm³/mol. The minimum Gasteiger partial charge on any atom is -0.462 e. The highest BCUT2D eigenvalue weighted by molar-refractivity contribution is 5.72. The van der Waals surface area contributed by atoms with Crippen molar-refractivity contribution < 1.29 is 44.2 Å². The van der Waals surface area contributed by atoms with Gasteiger partial charge in [0.05, 0.1) is 29.3 Å². The second-order valence-corrected chi connectivity index (χ2v) is 12.9. The van der Waals surface area contributed by atoms with Gasteiger partial charge in [0.2, 0.25) is 0 Å². The summed E-state index contributed by atoms with van der Waals surface area (Å²) < 4.78 is 23.5. The van der Waals surface area contributed by atoms with E-state index in [1.165, 1.54) is 14.0 Å². The lowest BCUT2D eigenvalue weighted by Crippen LogP contribution is -2.57. The SMILES string of the molecule is CO[C@]1(C)CC(OC2C(C)CC(C)(O)CC(C)CN(C)C(C)C(O)C(C)(O)COC(=O)C2C)O[C@@H](C)[C@@H]1O. The van der Waals surface area contributed by atoms with Crippen molar-refractivity contribution in [1.29, 1.82) is 0 Å². The van der Waals surface area contributed by atoms with Gasteiger partial charge in [-0.15, -0.1) is 0 Å². The maximum Gasteiger partial charge on any atom is 0.311 e. The lowest BCUT2D eigenvalue weighted by Gasteiger charge is -2.46. The van der Waals surface area contributed by atoms with Crippen LogP contribution in [0.4, 0.5) is 0 Å². The number of hydrogen-bond acceptors (Lipinski definition) is 10. The molecule has 0 aromatic carbocycles. The van der Waals surface area contributed by atoms with E-state index in [0.717, 1.165) is 0 Å². The largest absolute Gasteiger partial charge is 0.462 e. The molecule has 224 valence electrons. The summed E-state index contributed by atoms with van der Waals surface area (Å²) in [6, 6.07) is -0.412. The van der Waals surface area contributed by atoms with Crippen LogP contribution in [0.1, 0.15) is 74.7 Å². The Morgan fingerprint density at radius 3 is 2.16 bits per heavy atom. The van der Waals surface area contributed by atoms with E-state index in [9.17, 15) is 25.2 Å². The lowest BCUT2D eigenvalue weighted by molar-refractivity contribution is -0.296. The Balaban J connectivity index is 2.38. The molecule has 2 saturated heterocycles. The molecule has 4 N–H and O–H groups in total. The molecule has 12 atom stereocenters. The van der Waals surface area contributed by atoms with Gasteiger partial charge in [0.15, 0.2) is 6.29 Å². The van der Waals surface area contributed by atoms with E-state index in [1.807, 2.05) is 32.7 Å². The molecule has 10 heteroatoms. The Morgan fingerprint density at radius 1 is 0.974 bits per heavy atom. The summed E-state index contributed by atoms with van der Waals surface area (Å²) in [6.07, 6.45) is -2.92. The van der Waals surface area contributed by atoms with Crippen molar-refractivity contribution >= 4 is 5.97 Å². The number of carbonyl (C=O) groups excluding carboxylic acids is 1. The minimum absolute atomic E-state index is 0.0908. The number of esters is 1. The van der Waals surface area contributed by atoms with Gasteiger partial charge in [-0.3, -0.25) is 4.79 Å². The molecule has 0 saturated carbocycles. The van der Waals surface area contributed by atoms with Crippen LogP contribution in [-0.2, 0) is 23.7 Å². The number of likely N-dealkylation sites (N-methyl/N-ethyl adjacent to an activating group) is 1. The first kappa shape index (κ1) is 33.4. The molecule has 0 aromatic rings. The van der Waals surface area contributed by atoms with Crippen LogP contribution in [0.2, 0.25) is 0 Å². The van der Waals surface area contributed by atoms with Gasteiger partial charge in [-0.05, 0) is 73.3 Å². The van der Waals surface area contributed by atoms with Gasteiger partial charge in [-0.1, -0.05) is 13.8 Å². The van der Waals surface area contributed by atoms with Crippen LogP contribution < -0.4 is 0 Å². The van der Waals surface area contributed by atoms with Crippen LogP contribution in [0.3, 0.4) is 0 Å². The van der Waals surface area contributed by atoms with Gasteiger partial charge >= 0.3 is 5.97 Å². The predicted octanol–water partition coefficient (Wildman–Crippen LogP) is 1.70. The summed E-state index contributed by atoms with van der Waals surface area (Å²) in [4.78, 5) is 15.2. The number of hydrogen-bond donors (Lipinski definition) is 4. The first-order valence-corrected chi connectivity index (χ1v) is 13.9. The zero-order valence-corrected chi connectivity index (χ0v) is 25.0. The van der Waals surface area contributed by atoms with Crippen molar-refractivity contribution in [3.05, 3.63) is 0 Å². The van der Waals surface area contributed by atoms with E-state index < -0.39 is 65.4 Å². The molecule has 2 rings (SSSR count). The third kappa shape index (κ3) is 8.10. The molecule has 0 aliphatic carbocycles. The van der Waals surface area contributed by atoms with Crippen LogP contribution in [0.15, 0.2) is 0 Å². The third-order valence-corrected chi connectivity index (χ3v) is 8.65. The minimum atomic E-state index is -1.67. The first-order valence-electron chi connectivity index (χ1n) is 13.9. The molecule has 2 heterocycles. The van der Waals surface area contributed by atoms with E-state index in [-0.39, 0.29) is 24.9 Å². The molecule has 0 radical (unpaired) electrons. The maximum atomic E-state index is 13.2. The zero-order valence-electron chi connectivity index (χ0n) is 25.0. The normalized spacial score (nSPS) is 49.1. The monoisotopic (exact) mass is 547 g/mol. The smallest absolute Gasteiger partial charge is 0.311 e. The summed E-state index contributed by atoms with van der Waals surface area (Å²) in [5, 5.41) is 43.9. The van der Waals surface area contributed by atoms with Crippen molar-refractivity contribution in [3.8, 4) is 0 Å². The molecule has 38 heavy (non-hydrogen) atoms. The number of aliphatic hydroxyl groups is 4. The molecule has 9 unspecified atom stereocenters. The van der Waals surface area contributed by atoms with Gasteiger partial charge in [-0.2, -0.15) is 0 Å². The maximum absolute atomic E-state index is 13.2. The number of cyclic esters (lactones) is 1. The highest BCUT2D eigenvalue weighted by Gasteiger charge is 2.47. The van der Waals surface area contributed by atoms with E-state index in [4.69, 9.17) is 18.9 Å². The molecular formula is C28H53NO9. The van der Waals surface area contributed by atoms with Gasteiger partial charge in [0.25, 0.3) is 0 Å². The van der Waals surface area contributed by atoms with E-state index >= 15 is 0 Å². The quantitative estimate of drug-likeness (QED) is 0.386. The topological polar surface area (TPSA) is 138 Å². The molecular weight excluding hydrogens is 494 g/mol. The van der Waals surface area contributed by atoms with E-state index in [2.05, 4.69) is 0 Å². The molecule has 0 bridgehead atoms. The summed E-state index contributed by atoms with van der Waals surface area (Å²) in [5.74, 6) is -1.53. The van der Waals surface area contributed by atoms with Gasteiger partial charge in [0.1, 0.15) is 24.4 Å². The average molecular weight is 548 g/mol. The number of methoxy groups -OCH3 is 1. The summed E-state index contributed by atoms with van der Waals surface area (Å²) in [6.45, 7) is 14.5. The third-order valence-electron chi connectivity index (χ3n) is 8.65. The number of carbonyl (C=O) groups is 1. The van der Waals surface area contributed by atoms with Gasteiger partial charge in [-0.25, -0.2) is 0 Å². The Labute approximate surface area is 228 Å². The fraction of sp³-hybridized carbons (Fsp3) is 0.964. The van der Waals surface area contributed by atoms with Crippen molar-refractivity contribution in [2.45, 2.75) is 128 Å². The van der Waals surface area contributed by atoms with Crippen molar-refractivity contribution in [2.24, 2.45) is 17.8 Å². The fourth-order valence-corrected chi connectivity index (χ4v) is 6.21. The van der Waals surface area contributed by atoms with Crippen molar-refractivity contribution in [3.63, 3.8) is 0 Å². The average Bonchev–Trinajstić information content (AvgIpc) is 2.81. The molecule has 0 aromatic heterocycles. The Morgan fingerprint density at radius 2 is 1.58 bits per heavy atom. The van der Waals surface area contributed by atoms with Crippen LogP contribution in [-0.4, -0.2) is 112 Å². The molecule has 2 aliphatic heterocycles. The molecule has 0 amide bonds. The number of nitrogens with zero attached hydrogens (tertiary/aromatic N) is 1. The first-order chi connectivity index (χ1) is 17.3. The van der Waals surface area contributed by atoms with E-state index in [1.54, 1.807) is 27.7 Å². The zero-order chi connectivity index (χ0) is 29.2. The van der Waals surface area contributed by atoms with Crippen LogP contribution in [0, 0.1) is 17.8 Å². The fourth-order valence-electron chi connectivity index (χ4n) is 6.21. The van der Waals surface area contributed by atoms with Crippen LogP contribution >= 0.6 is 0 Å². The summed E-state index contributed by atoms with van der Waals surface area (Å²) in [5.41, 5.74) is -3.61. The number of rotatable bonds is 3. The second kappa shape index (κ2) is 12.8. The Hall–Kier alpha value is -0.850. The lowest BCUT2D eigenvalue weighted by atomic mass is 9.80. The highest BCUT2D eigenvalue weighted by atomic mass is 16.7. The standard InChI is InChI=1S/C28H53NO9/c1-16-11-26(6,33)12-17(2)22(38-21-13-28(8,35-10)24(31)20(5)37-21)18(3)25(32)36-15-27(7,34)23(30)19(4)29(9)14-16/h16-24,30-31,33-34H,11-15H2,1-10H3/t16?,17?,18?,19?,20-,21?,22?,23?,24-,26?,27?,28+/m0/s1. The van der Waals surface area contributed by atoms with Gasteiger partial charge < -0.3 is 44.3 Å². The van der Waals surface area contributed by atoms with Crippen LogP contribution in [0.5, 0.6) is 0 Å². The van der Waals surface area contributed by atoms with Crippen molar-refractivity contribution in [2.75, 3.05) is 27.3 Å². The van der Waals surface area contributed by atoms with Gasteiger partial charge in [0, 0.05) is 26.1 Å². The summed E-state index contributed by atoms with van der Waals surface area (Å²) >= 11 is 0. The van der Waals surface area contributed by atoms with Crippen molar-refractivity contribution in [1.82, 2.24) is 4.90 Å². The Bertz CT molecular complexity index is 777. The number of ether oxygens (including phenoxy) is 4. The molecule has 0 spiro atoms. The molecule has 2 aliphatic rings. The highest BCUT2D eigenvalue weighted by Crippen LogP contribution is 2.37. The number of aliphatic hydroxyl groups excluding tert-OH is 2. The Kier molecular flexibility index (Phi) is 11.2. The van der Waals surface area contributed by atoms with Crippen LogP contribution in [0.25, 0.3) is 0 Å². The second-order valence-electron chi connectivity index (χ2n) is 12.9. The summed E-state index contributed by atoms with van der Waals surface area (Å²) in [7, 11) is 3.39. The molecule has 2 fully saturated rings.